The molecule has 1 saturated heterocycles. The van der Waals surface area contributed by atoms with Crippen molar-refractivity contribution in [2.45, 2.75) is 18.9 Å². The summed E-state index contributed by atoms with van der Waals surface area (Å²) in [6.45, 7) is 3.96. The summed E-state index contributed by atoms with van der Waals surface area (Å²) in [5.41, 5.74) is 0. The molecule has 1 fully saturated rings. The first-order valence-electron chi connectivity index (χ1n) is 6.41. The zero-order chi connectivity index (χ0) is 12.6. The maximum atomic E-state index is 11.6. The molecule has 0 aromatic heterocycles. The Hall–Kier alpha value is -1.27. The third kappa shape index (κ3) is 4.19. The molecule has 6 heteroatoms. The van der Waals surface area contributed by atoms with Gasteiger partial charge >= 0.3 is 0 Å². The van der Waals surface area contributed by atoms with Crippen LogP contribution in [-0.2, 0) is 19.0 Å². The van der Waals surface area contributed by atoms with E-state index in [1.54, 1.807) is 0 Å². The van der Waals surface area contributed by atoms with Gasteiger partial charge < -0.3 is 24.8 Å². The van der Waals surface area contributed by atoms with Crippen molar-refractivity contribution in [2.75, 3.05) is 39.5 Å². The van der Waals surface area contributed by atoms with Crippen LogP contribution in [0.4, 0.5) is 0 Å². The molecule has 2 N–H and O–H groups in total. The summed E-state index contributed by atoms with van der Waals surface area (Å²) in [6.07, 6.45) is 3.75. The van der Waals surface area contributed by atoms with Crippen molar-refractivity contribution < 1.29 is 19.0 Å². The molecule has 1 amide bonds. The molecule has 2 heterocycles. The summed E-state index contributed by atoms with van der Waals surface area (Å²) in [5, 5.41) is 6.02. The van der Waals surface area contributed by atoms with Crippen LogP contribution in [0.3, 0.4) is 0 Å². The Morgan fingerprint density at radius 2 is 2.28 bits per heavy atom. The van der Waals surface area contributed by atoms with Crippen molar-refractivity contribution in [3.63, 3.8) is 0 Å². The predicted octanol–water partition coefficient (Wildman–Crippen LogP) is -0.241. The first kappa shape index (κ1) is 13.2. The third-order valence-corrected chi connectivity index (χ3v) is 2.90. The molecule has 2 aliphatic heterocycles. The summed E-state index contributed by atoms with van der Waals surface area (Å²) in [4.78, 5) is 11.6. The molecule has 18 heavy (non-hydrogen) atoms. The van der Waals surface area contributed by atoms with Crippen LogP contribution < -0.4 is 10.6 Å². The van der Waals surface area contributed by atoms with E-state index in [1.165, 1.54) is 6.26 Å². The number of rotatable bonds is 5. The molecule has 102 valence electrons. The minimum Gasteiger partial charge on any atom is -0.494 e. The lowest BCUT2D eigenvalue weighted by atomic mass is 10.1. The average molecular weight is 256 g/mol. The first-order chi connectivity index (χ1) is 8.86. The number of hydrogen-bond donors (Lipinski definition) is 2. The minimum absolute atomic E-state index is 0.239. The standard InChI is InChI=1S/C12H20N2O4/c15-12(11-9-16-7-8-18-11)14-5-6-17-10-1-3-13-4-2-10/h9-10,13H,1-8H2,(H,14,15). The van der Waals surface area contributed by atoms with E-state index in [0.29, 0.717) is 32.5 Å². The van der Waals surface area contributed by atoms with Gasteiger partial charge in [0.25, 0.3) is 5.91 Å². The Bertz CT molecular complexity index is 300. The second kappa shape index (κ2) is 7.23. The van der Waals surface area contributed by atoms with Gasteiger partial charge in [-0.25, -0.2) is 0 Å². The summed E-state index contributed by atoms with van der Waals surface area (Å²) in [7, 11) is 0. The number of carbonyl (C=O) groups is 1. The Labute approximate surface area is 107 Å². The molecule has 2 aliphatic rings. The van der Waals surface area contributed by atoms with Crippen LogP contribution in [0.25, 0.3) is 0 Å². The molecule has 6 nitrogen and oxygen atoms in total. The number of carbonyl (C=O) groups excluding carboxylic acids is 1. The van der Waals surface area contributed by atoms with E-state index in [9.17, 15) is 4.79 Å². The fourth-order valence-corrected chi connectivity index (χ4v) is 1.93. The maximum absolute atomic E-state index is 11.6. The summed E-state index contributed by atoms with van der Waals surface area (Å²) in [6, 6.07) is 0. The van der Waals surface area contributed by atoms with Gasteiger partial charge in [-0.3, -0.25) is 4.79 Å². The van der Waals surface area contributed by atoms with Crippen molar-refractivity contribution in [1.82, 2.24) is 10.6 Å². The Morgan fingerprint density at radius 1 is 1.44 bits per heavy atom. The van der Waals surface area contributed by atoms with Crippen LogP contribution in [0.5, 0.6) is 0 Å². The molecule has 0 radical (unpaired) electrons. The molecule has 0 unspecified atom stereocenters. The van der Waals surface area contributed by atoms with E-state index in [2.05, 4.69) is 10.6 Å². The minimum atomic E-state index is -0.247. The highest BCUT2D eigenvalue weighted by Gasteiger charge is 2.15. The molecule has 0 aliphatic carbocycles. The van der Waals surface area contributed by atoms with Crippen molar-refractivity contribution in [3.05, 3.63) is 12.0 Å². The van der Waals surface area contributed by atoms with Crippen molar-refractivity contribution in [1.29, 1.82) is 0 Å². The van der Waals surface area contributed by atoms with Crippen LogP contribution in [0, 0.1) is 0 Å². The molecule has 0 aromatic carbocycles. The molecule has 0 saturated carbocycles. The highest BCUT2D eigenvalue weighted by Crippen LogP contribution is 2.06. The van der Waals surface area contributed by atoms with Crippen LogP contribution in [-0.4, -0.2) is 51.5 Å². The normalized spacial score (nSPS) is 20.6. The largest absolute Gasteiger partial charge is 0.494 e. The van der Waals surface area contributed by atoms with E-state index in [1.807, 2.05) is 0 Å². The van der Waals surface area contributed by atoms with E-state index in [-0.39, 0.29) is 11.7 Å². The van der Waals surface area contributed by atoms with Gasteiger partial charge in [0.2, 0.25) is 5.76 Å². The maximum Gasteiger partial charge on any atom is 0.289 e. The molecular formula is C12H20N2O4. The van der Waals surface area contributed by atoms with Crippen LogP contribution >= 0.6 is 0 Å². The zero-order valence-corrected chi connectivity index (χ0v) is 10.4. The van der Waals surface area contributed by atoms with E-state index >= 15 is 0 Å². The lowest BCUT2D eigenvalue weighted by Gasteiger charge is -2.23. The van der Waals surface area contributed by atoms with Gasteiger partial charge in [0, 0.05) is 6.54 Å². The van der Waals surface area contributed by atoms with Crippen LogP contribution in [0.2, 0.25) is 0 Å². The fraction of sp³-hybridized carbons (Fsp3) is 0.750. The number of nitrogens with one attached hydrogen (secondary N) is 2. The van der Waals surface area contributed by atoms with Gasteiger partial charge in [-0.05, 0) is 25.9 Å². The van der Waals surface area contributed by atoms with Crippen molar-refractivity contribution >= 4 is 5.91 Å². The molecule has 0 atom stereocenters. The highest BCUT2D eigenvalue weighted by atomic mass is 16.6. The third-order valence-electron chi connectivity index (χ3n) is 2.90. The fourth-order valence-electron chi connectivity index (χ4n) is 1.93. The molecule has 0 bridgehead atoms. The van der Waals surface area contributed by atoms with Crippen molar-refractivity contribution in [3.8, 4) is 0 Å². The first-order valence-corrected chi connectivity index (χ1v) is 6.41. The SMILES string of the molecule is O=C(NCCOC1CCNCC1)C1=COCCO1. The molecule has 2 rings (SSSR count). The second-order valence-electron chi connectivity index (χ2n) is 4.28. The monoisotopic (exact) mass is 256 g/mol. The number of amides is 1. The van der Waals surface area contributed by atoms with Gasteiger partial charge in [-0.15, -0.1) is 0 Å². The summed E-state index contributed by atoms with van der Waals surface area (Å²) < 4.78 is 15.9. The Balaban J connectivity index is 1.57. The predicted molar refractivity (Wildman–Crippen MR) is 64.8 cm³/mol. The molecular weight excluding hydrogens is 236 g/mol. The van der Waals surface area contributed by atoms with Gasteiger partial charge in [-0.1, -0.05) is 0 Å². The Kier molecular flexibility index (Phi) is 5.29. The topological polar surface area (TPSA) is 68.8 Å². The Morgan fingerprint density at radius 3 is 3.00 bits per heavy atom. The number of ether oxygens (including phenoxy) is 3. The van der Waals surface area contributed by atoms with Crippen LogP contribution in [0.1, 0.15) is 12.8 Å². The van der Waals surface area contributed by atoms with Crippen LogP contribution in [0.15, 0.2) is 12.0 Å². The van der Waals surface area contributed by atoms with E-state index in [0.717, 1.165) is 25.9 Å². The quantitative estimate of drug-likeness (QED) is 0.664. The zero-order valence-electron chi connectivity index (χ0n) is 10.4. The van der Waals surface area contributed by atoms with Gasteiger partial charge in [0.15, 0.2) is 0 Å². The summed E-state index contributed by atoms with van der Waals surface area (Å²) in [5.74, 6) is -0.00766. The van der Waals surface area contributed by atoms with Gasteiger partial charge in [0.1, 0.15) is 19.5 Å². The lowest BCUT2D eigenvalue weighted by molar-refractivity contribution is -0.122. The molecule has 0 aromatic rings. The summed E-state index contributed by atoms with van der Waals surface area (Å²) >= 11 is 0. The average Bonchev–Trinajstić information content (AvgIpc) is 2.45. The van der Waals surface area contributed by atoms with Gasteiger partial charge in [-0.2, -0.15) is 0 Å². The van der Waals surface area contributed by atoms with E-state index < -0.39 is 0 Å². The lowest BCUT2D eigenvalue weighted by Crippen LogP contribution is -2.35. The van der Waals surface area contributed by atoms with Crippen molar-refractivity contribution in [2.24, 2.45) is 0 Å². The number of piperidine rings is 1. The van der Waals surface area contributed by atoms with Gasteiger partial charge in [0.05, 0.1) is 12.7 Å². The smallest absolute Gasteiger partial charge is 0.289 e. The van der Waals surface area contributed by atoms with E-state index in [4.69, 9.17) is 14.2 Å². The highest BCUT2D eigenvalue weighted by molar-refractivity contribution is 5.91. The number of hydrogen-bond acceptors (Lipinski definition) is 5. The molecule has 0 spiro atoms. The second-order valence-corrected chi connectivity index (χ2v) is 4.28.